The van der Waals surface area contributed by atoms with Crippen LogP contribution in [0.1, 0.15) is 11.1 Å². The van der Waals surface area contributed by atoms with Gasteiger partial charge in [0.15, 0.2) is 11.1 Å². The molecule has 0 bridgehead atoms. The number of piperazine rings is 1. The summed E-state index contributed by atoms with van der Waals surface area (Å²) >= 11 is 1.68. The maximum Gasteiger partial charge on any atom is 0.191 e. The molecule has 1 aliphatic rings. The lowest BCUT2D eigenvalue weighted by Gasteiger charge is -2.35. The third-order valence-corrected chi connectivity index (χ3v) is 4.48. The number of rotatable bonds is 3. The third-order valence-electron chi connectivity index (χ3n) is 3.65. The SMILES string of the molecule is Cc1cncc(CN=C(N)N2CCN(c3nccs3)CC2)c1.I. The first-order chi connectivity index (χ1) is 10.7. The molecule has 0 radical (unpaired) electrons. The summed E-state index contributed by atoms with van der Waals surface area (Å²) in [4.78, 5) is 17.4. The Hall–Kier alpha value is -1.42. The van der Waals surface area contributed by atoms with E-state index in [9.17, 15) is 0 Å². The topological polar surface area (TPSA) is 70.6 Å². The lowest BCUT2D eigenvalue weighted by Crippen LogP contribution is -2.51. The predicted octanol–water partition coefficient (Wildman–Crippen LogP) is 2.10. The Balaban J connectivity index is 0.00000192. The van der Waals surface area contributed by atoms with Gasteiger partial charge in [-0.25, -0.2) is 9.98 Å². The van der Waals surface area contributed by atoms with E-state index < -0.39 is 0 Å². The van der Waals surface area contributed by atoms with Gasteiger partial charge in [-0.15, -0.1) is 35.3 Å². The van der Waals surface area contributed by atoms with Crippen LogP contribution in [0.5, 0.6) is 0 Å². The van der Waals surface area contributed by atoms with Gasteiger partial charge in [0.05, 0.1) is 6.54 Å². The zero-order valence-electron chi connectivity index (χ0n) is 13.1. The van der Waals surface area contributed by atoms with Gasteiger partial charge >= 0.3 is 0 Å². The van der Waals surface area contributed by atoms with Crippen LogP contribution in [0, 0.1) is 6.92 Å². The smallest absolute Gasteiger partial charge is 0.191 e. The van der Waals surface area contributed by atoms with E-state index in [1.54, 1.807) is 11.3 Å². The Bertz CT molecular complexity index is 637. The van der Waals surface area contributed by atoms with Crippen LogP contribution in [0.3, 0.4) is 0 Å². The summed E-state index contributed by atoms with van der Waals surface area (Å²) in [6.07, 6.45) is 5.52. The minimum Gasteiger partial charge on any atom is -0.370 e. The summed E-state index contributed by atoms with van der Waals surface area (Å²) in [6.45, 7) is 6.21. The van der Waals surface area contributed by atoms with Crippen molar-refractivity contribution in [3.63, 3.8) is 0 Å². The van der Waals surface area contributed by atoms with Crippen molar-refractivity contribution in [3.05, 3.63) is 41.2 Å². The summed E-state index contributed by atoms with van der Waals surface area (Å²) in [5, 5.41) is 3.09. The number of guanidine groups is 1. The number of halogens is 1. The molecule has 1 fully saturated rings. The number of aryl methyl sites for hydroxylation is 1. The zero-order chi connectivity index (χ0) is 15.4. The highest BCUT2D eigenvalue weighted by Gasteiger charge is 2.19. The molecule has 0 spiro atoms. The molecule has 0 unspecified atom stereocenters. The van der Waals surface area contributed by atoms with Crippen molar-refractivity contribution in [1.82, 2.24) is 14.9 Å². The Morgan fingerprint density at radius 1 is 1.30 bits per heavy atom. The summed E-state index contributed by atoms with van der Waals surface area (Å²) in [7, 11) is 0. The van der Waals surface area contributed by atoms with Crippen molar-refractivity contribution in [2.45, 2.75) is 13.5 Å². The molecule has 0 saturated carbocycles. The van der Waals surface area contributed by atoms with Gasteiger partial charge in [0, 0.05) is 50.1 Å². The molecule has 23 heavy (non-hydrogen) atoms. The van der Waals surface area contributed by atoms with E-state index in [4.69, 9.17) is 5.73 Å². The van der Waals surface area contributed by atoms with Crippen LogP contribution in [-0.2, 0) is 6.54 Å². The van der Waals surface area contributed by atoms with Crippen LogP contribution < -0.4 is 10.6 Å². The molecular formula is C15H21IN6S. The summed E-state index contributed by atoms with van der Waals surface area (Å²) in [6, 6.07) is 2.09. The first-order valence-electron chi connectivity index (χ1n) is 7.32. The van der Waals surface area contributed by atoms with Crippen molar-refractivity contribution in [2.75, 3.05) is 31.1 Å². The van der Waals surface area contributed by atoms with E-state index >= 15 is 0 Å². The van der Waals surface area contributed by atoms with Gasteiger partial charge in [-0.05, 0) is 18.1 Å². The van der Waals surface area contributed by atoms with Crippen LogP contribution in [0.15, 0.2) is 35.0 Å². The van der Waals surface area contributed by atoms with Gasteiger partial charge in [-0.2, -0.15) is 0 Å². The molecule has 0 aromatic carbocycles. The number of nitrogens with two attached hydrogens (primary N) is 1. The second-order valence-electron chi connectivity index (χ2n) is 5.33. The molecule has 2 aromatic heterocycles. The Labute approximate surface area is 157 Å². The van der Waals surface area contributed by atoms with Crippen molar-refractivity contribution < 1.29 is 0 Å². The van der Waals surface area contributed by atoms with Crippen LogP contribution in [-0.4, -0.2) is 47.0 Å². The molecule has 1 aliphatic heterocycles. The van der Waals surface area contributed by atoms with Gasteiger partial charge < -0.3 is 15.5 Å². The Kier molecular flexibility index (Phi) is 6.58. The van der Waals surface area contributed by atoms with E-state index in [-0.39, 0.29) is 24.0 Å². The van der Waals surface area contributed by atoms with Crippen molar-refractivity contribution in [2.24, 2.45) is 10.7 Å². The van der Waals surface area contributed by atoms with Crippen molar-refractivity contribution in [3.8, 4) is 0 Å². The van der Waals surface area contributed by atoms with Crippen LogP contribution in [0.2, 0.25) is 0 Å². The first kappa shape index (κ1) is 17.9. The first-order valence-corrected chi connectivity index (χ1v) is 8.20. The summed E-state index contributed by atoms with van der Waals surface area (Å²) < 4.78 is 0. The lowest BCUT2D eigenvalue weighted by molar-refractivity contribution is 0.380. The Morgan fingerprint density at radius 3 is 2.74 bits per heavy atom. The van der Waals surface area contributed by atoms with Gasteiger partial charge in [0.2, 0.25) is 0 Å². The van der Waals surface area contributed by atoms with Gasteiger partial charge in [0.25, 0.3) is 0 Å². The fourth-order valence-electron chi connectivity index (χ4n) is 2.48. The molecule has 0 atom stereocenters. The molecule has 0 amide bonds. The predicted molar refractivity (Wildman–Crippen MR) is 106 cm³/mol. The highest BCUT2D eigenvalue weighted by Crippen LogP contribution is 2.18. The molecule has 3 heterocycles. The fourth-order valence-corrected chi connectivity index (χ4v) is 3.17. The van der Waals surface area contributed by atoms with E-state index in [1.807, 2.05) is 30.9 Å². The number of hydrogen-bond donors (Lipinski definition) is 1. The number of aromatic nitrogens is 2. The molecule has 2 aromatic rings. The third kappa shape index (κ3) is 4.77. The van der Waals surface area contributed by atoms with Gasteiger partial charge in [-0.3, -0.25) is 4.98 Å². The highest BCUT2D eigenvalue weighted by molar-refractivity contribution is 14.0. The minimum atomic E-state index is 0. The average molecular weight is 444 g/mol. The number of nitrogens with zero attached hydrogens (tertiary/aromatic N) is 5. The van der Waals surface area contributed by atoms with E-state index in [1.165, 1.54) is 0 Å². The number of aliphatic imine (C=N–C) groups is 1. The van der Waals surface area contributed by atoms with Crippen LogP contribution >= 0.6 is 35.3 Å². The van der Waals surface area contributed by atoms with E-state index in [2.05, 4.69) is 30.8 Å². The molecule has 3 rings (SSSR count). The molecular weight excluding hydrogens is 423 g/mol. The quantitative estimate of drug-likeness (QED) is 0.446. The molecule has 6 nitrogen and oxygen atoms in total. The number of thiazole rings is 1. The van der Waals surface area contributed by atoms with Crippen LogP contribution in [0.25, 0.3) is 0 Å². The van der Waals surface area contributed by atoms with E-state index in [0.717, 1.165) is 42.4 Å². The second kappa shape index (κ2) is 8.44. The zero-order valence-corrected chi connectivity index (χ0v) is 16.2. The molecule has 124 valence electrons. The highest BCUT2D eigenvalue weighted by atomic mass is 127. The fraction of sp³-hybridized carbons (Fsp3) is 0.400. The maximum absolute atomic E-state index is 6.12. The number of pyridine rings is 1. The monoisotopic (exact) mass is 444 g/mol. The average Bonchev–Trinajstić information content (AvgIpc) is 3.07. The molecule has 0 aliphatic carbocycles. The standard InChI is InChI=1S/C15H20N6S.HI/c1-12-8-13(10-17-9-12)11-19-14(16)20-3-5-21(6-4-20)15-18-2-7-22-15;/h2,7-10H,3-6,11H2,1H3,(H2,16,19);1H. The van der Waals surface area contributed by atoms with Crippen molar-refractivity contribution in [1.29, 1.82) is 0 Å². The minimum absolute atomic E-state index is 0. The van der Waals surface area contributed by atoms with Gasteiger partial charge in [-0.1, -0.05) is 6.07 Å². The van der Waals surface area contributed by atoms with Crippen LogP contribution in [0.4, 0.5) is 5.13 Å². The lowest BCUT2D eigenvalue weighted by atomic mass is 10.2. The maximum atomic E-state index is 6.12. The Morgan fingerprint density at radius 2 is 2.09 bits per heavy atom. The van der Waals surface area contributed by atoms with Gasteiger partial charge in [0.1, 0.15) is 0 Å². The van der Waals surface area contributed by atoms with E-state index in [0.29, 0.717) is 12.5 Å². The second-order valence-corrected chi connectivity index (χ2v) is 6.21. The number of hydrogen-bond acceptors (Lipinski definition) is 5. The number of anilines is 1. The largest absolute Gasteiger partial charge is 0.370 e. The normalized spacial score (nSPS) is 15.4. The molecule has 8 heteroatoms. The molecule has 1 saturated heterocycles. The summed E-state index contributed by atoms with van der Waals surface area (Å²) in [5.41, 5.74) is 8.35. The molecule has 2 N–H and O–H groups in total. The van der Waals surface area contributed by atoms with Crippen molar-refractivity contribution >= 4 is 46.4 Å². The summed E-state index contributed by atoms with van der Waals surface area (Å²) in [5.74, 6) is 0.611.